The molecule has 0 radical (unpaired) electrons. The fourth-order valence-electron chi connectivity index (χ4n) is 6.44. The summed E-state index contributed by atoms with van der Waals surface area (Å²) < 4.78 is 0. The van der Waals surface area contributed by atoms with Gasteiger partial charge in [-0.1, -0.05) is 0 Å². The van der Waals surface area contributed by atoms with Crippen molar-refractivity contribution in [3.8, 4) is 0 Å². The number of aldehydes is 1. The summed E-state index contributed by atoms with van der Waals surface area (Å²) in [4.78, 5) is 57.3. The van der Waals surface area contributed by atoms with Gasteiger partial charge in [-0.25, -0.2) is 0 Å². The molecule has 11 heteroatoms. The topological polar surface area (TPSA) is 111 Å². The van der Waals surface area contributed by atoms with Crippen LogP contribution in [-0.4, -0.2) is 104 Å². The molecule has 2 aromatic rings. The first-order valence-corrected chi connectivity index (χ1v) is 14.8. The molecule has 42 heavy (non-hydrogen) atoms. The van der Waals surface area contributed by atoms with E-state index in [1.54, 1.807) is 12.1 Å². The Bertz CT molecular complexity index is 1300. The summed E-state index contributed by atoms with van der Waals surface area (Å²) in [5, 5.41) is 10.9. The minimum absolute atomic E-state index is 0.120. The number of hydrogen-bond donors (Lipinski definition) is 0. The lowest BCUT2D eigenvalue weighted by Crippen LogP contribution is -2.51. The first-order chi connectivity index (χ1) is 20.2. The summed E-state index contributed by atoms with van der Waals surface area (Å²) in [7, 11) is 3.41. The molecule has 224 valence electrons. The predicted molar refractivity (Wildman–Crippen MR) is 161 cm³/mol. The van der Waals surface area contributed by atoms with Crippen molar-refractivity contribution in [2.75, 3.05) is 69.7 Å². The van der Waals surface area contributed by atoms with Crippen LogP contribution in [0.5, 0.6) is 0 Å². The number of hydrogen-bond acceptors (Lipinski definition) is 9. The zero-order valence-corrected chi connectivity index (χ0v) is 24.5. The summed E-state index contributed by atoms with van der Waals surface area (Å²) in [5.41, 5.74) is 3.77. The van der Waals surface area contributed by atoms with E-state index in [2.05, 4.69) is 20.8 Å². The van der Waals surface area contributed by atoms with E-state index in [-0.39, 0.29) is 28.5 Å². The second-order valence-corrected chi connectivity index (χ2v) is 11.8. The number of likely N-dealkylation sites (tertiary alicyclic amines) is 1. The third kappa shape index (κ3) is 6.63. The van der Waals surface area contributed by atoms with E-state index in [0.29, 0.717) is 30.9 Å². The van der Waals surface area contributed by atoms with E-state index in [4.69, 9.17) is 0 Å². The van der Waals surface area contributed by atoms with Crippen molar-refractivity contribution in [2.45, 2.75) is 38.3 Å². The van der Waals surface area contributed by atoms with Crippen LogP contribution >= 0.6 is 0 Å². The second kappa shape index (κ2) is 13.0. The van der Waals surface area contributed by atoms with Gasteiger partial charge in [-0.05, 0) is 68.1 Å². The highest BCUT2D eigenvalue weighted by atomic mass is 16.6. The molecule has 3 aliphatic rings. The largest absolute Gasteiger partial charge is 0.372 e. The molecule has 5 rings (SSSR count). The minimum atomic E-state index is -0.373. The lowest BCUT2D eigenvalue weighted by Gasteiger charge is -2.40. The van der Waals surface area contributed by atoms with Gasteiger partial charge in [-0.3, -0.25) is 39.2 Å². The average molecular weight is 577 g/mol. The number of likely N-dealkylation sites (N-methyl/N-ethyl adjacent to an activating group) is 2. The van der Waals surface area contributed by atoms with Gasteiger partial charge in [0.25, 0.3) is 5.69 Å². The molecule has 0 bridgehead atoms. The first kappa shape index (κ1) is 29.7. The molecule has 0 aliphatic carbocycles. The van der Waals surface area contributed by atoms with Crippen molar-refractivity contribution in [1.82, 2.24) is 14.7 Å². The Kier molecular flexibility index (Phi) is 9.18. The Morgan fingerprint density at radius 1 is 0.929 bits per heavy atom. The van der Waals surface area contributed by atoms with Crippen molar-refractivity contribution in [3.63, 3.8) is 0 Å². The standard InChI is InChI=1S/C31H40N6O5/c1-32(29-9-10-30(39)33(2)31(29)40)21-25-19-28(4-3-24(25)22-38)35-13-11-23(12-14-35)20-34-15-17-36(18-16-34)26-5-7-27(8-6-26)37(41)42/h3-8,19,22-23,29H,9-18,20-21H2,1-2H3. The van der Waals surface area contributed by atoms with Gasteiger partial charge in [0.2, 0.25) is 11.8 Å². The molecule has 11 nitrogen and oxygen atoms in total. The molecule has 1 unspecified atom stereocenters. The van der Waals surface area contributed by atoms with E-state index in [0.717, 1.165) is 81.9 Å². The van der Waals surface area contributed by atoms with Crippen LogP contribution in [0.15, 0.2) is 42.5 Å². The third-order valence-corrected chi connectivity index (χ3v) is 9.12. The smallest absolute Gasteiger partial charge is 0.269 e. The number of carbonyl (C=O) groups is 3. The van der Waals surface area contributed by atoms with E-state index in [1.807, 2.05) is 36.2 Å². The molecule has 0 aromatic heterocycles. The van der Waals surface area contributed by atoms with Crippen LogP contribution in [-0.2, 0) is 16.1 Å². The van der Waals surface area contributed by atoms with E-state index in [9.17, 15) is 24.5 Å². The molecule has 3 fully saturated rings. The summed E-state index contributed by atoms with van der Waals surface area (Å²) in [6.45, 7) is 7.24. The number of imide groups is 1. The van der Waals surface area contributed by atoms with Gasteiger partial charge < -0.3 is 9.80 Å². The molecule has 0 N–H and O–H groups in total. The van der Waals surface area contributed by atoms with Crippen molar-refractivity contribution in [1.29, 1.82) is 0 Å². The van der Waals surface area contributed by atoms with Gasteiger partial charge in [-0.15, -0.1) is 0 Å². The number of nitro benzene ring substituents is 1. The van der Waals surface area contributed by atoms with Gasteiger partial charge in [0.15, 0.2) is 0 Å². The lowest BCUT2D eigenvalue weighted by atomic mass is 9.95. The zero-order valence-electron chi connectivity index (χ0n) is 24.5. The Balaban J connectivity index is 1.12. The van der Waals surface area contributed by atoms with Crippen molar-refractivity contribution >= 4 is 35.2 Å². The molecule has 2 aromatic carbocycles. The van der Waals surface area contributed by atoms with Gasteiger partial charge in [0, 0.05) is 94.9 Å². The number of piperidine rings is 2. The molecule has 3 aliphatic heterocycles. The quantitative estimate of drug-likeness (QED) is 0.193. The molecule has 3 saturated heterocycles. The second-order valence-electron chi connectivity index (χ2n) is 11.8. The van der Waals surface area contributed by atoms with Gasteiger partial charge >= 0.3 is 0 Å². The Morgan fingerprint density at radius 3 is 2.21 bits per heavy atom. The van der Waals surface area contributed by atoms with E-state index in [1.165, 1.54) is 11.9 Å². The fraction of sp³-hybridized carbons (Fsp3) is 0.516. The Labute approximate surface area is 246 Å². The number of carbonyl (C=O) groups excluding carboxylic acids is 3. The predicted octanol–water partition coefficient (Wildman–Crippen LogP) is 3.03. The van der Waals surface area contributed by atoms with Crippen LogP contribution in [0.2, 0.25) is 0 Å². The maximum atomic E-state index is 12.7. The number of piperazine rings is 1. The van der Waals surface area contributed by atoms with E-state index >= 15 is 0 Å². The summed E-state index contributed by atoms with van der Waals surface area (Å²) in [5.74, 6) is 0.296. The number of benzene rings is 2. The van der Waals surface area contributed by atoms with Crippen molar-refractivity contribution in [2.24, 2.45) is 5.92 Å². The van der Waals surface area contributed by atoms with Crippen LogP contribution in [0.3, 0.4) is 0 Å². The SMILES string of the molecule is CN1C(=O)CCC(N(C)Cc2cc(N3CCC(CN4CCN(c5ccc([N+](=O)[O-])cc5)CC4)CC3)ccc2C=O)C1=O. The maximum Gasteiger partial charge on any atom is 0.269 e. The highest BCUT2D eigenvalue weighted by molar-refractivity contribution is 6.00. The monoisotopic (exact) mass is 576 g/mol. The Morgan fingerprint density at radius 2 is 1.57 bits per heavy atom. The first-order valence-electron chi connectivity index (χ1n) is 14.8. The summed E-state index contributed by atoms with van der Waals surface area (Å²) >= 11 is 0. The Hall–Kier alpha value is -3.83. The third-order valence-electron chi connectivity index (χ3n) is 9.12. The normalized spacial score (nSPS) is 20.8. The molecule has 0 saturated carbocycles. The summed E-state index contributed by atoms with van der Waals surface area (Å²) in [6.07, 6.45) is 3.92. The molecular formula is C31H40N6O5. The van der Waals surface area contributed by atoms with Gasteiger partial charge in [0.05, 0.1) is 11.0 Å². The minimum Gasteiger partial charge on any atom is -0.372 e. The number of amides is 2. The lowest BCUT2D eigenvalue weighted by molar-refractivity contribution is -0.384. The molecule has 2 amide bonds. The number of non-ortho nitro benzene ring substituents is 1. The highest BCUT2D eigenvalue weighted by Crippen LogP contribution is 2.28. The van der Waals surface area contributed by atoms with Crippen molar-refractivity contribution in [3.05, 3.63) is 63.7 Å². The average Bonchev–Trinajstić information content (AvgIpc) is 3.00. The van der Waals surface area contributed by atoms with E-state index < -0.39 is 0 Å². The maximum absolute atomic E-state index is 12.7. The van der Waals surface area contributed by atoms with Crippen LogP contribution < -0.4 is 9.80 Å². The van der Waals surface area contributed by atoms with Crippen molar-refractivity contribution < 1.29 is 19.3 Å². The molecular weight excluding hydrogens is 536 g/mol. The number of rotatable bonds is 9. The van der Waals surface area contributed by atoms with Gasteiger partial charge in [-0.2, -0.15) is 0 Å². The summed E-state index contributed by atoms with van der Waals surface area (Å²) in [6, 6.07) is 12.4. The highest BCUT2D eigenvalue weighted by Gasteiger charge is 2.34. The number of nitro groups is 1. The van der Waals surface area contributed by atoms with Crippen LogP contribution in [0.25, 0.3) is 0 Å². The molecule has 0 spiro atoms. The van der Waals surface area contributed by atoms with Crippen LogP contribution in [0.1, 0.15) is 41.6 Å². The molecule has 3 heterocycles. The zero-order chi connectivity index (χ0) is 29.8. The fourth-order valence-corrected chi connectivity index (χ4v) is 6.44. The molecule has 1 atom stereocenters. The number of nitrogens with zero attached hydrogens (tertiary/aromatic N) is 6. The van der Waals surface area contributed by atoms with Crippen LogP contribution in [0, 0.1) is 16.0 Å². The van der Waals surface area contributed by atoms with Gasteiger partial charge in [0.1, 0.15) is 6.29 Å². The number of anilines is 2. The van der Waals surface area contributed by atoms with Crippen LogP contribution in [0.4, 0.5) is 17.1 Å².